The quantitative estimate of drug-likeness (QED) is 0.245. The van der Waals surface area contributed by atoms with E-state index in [1.165, 1.54) is 33.4 Å². The van der Waals surface area contributed by atoms with Crippen molar-refractivity contribution in [3.8, 4) is 11.1 Å². The lowest BCUT2D eigenvalue weighted by atomic mass is 9.95. The Kier molecular flexibility index (Phi) is 10.5. The number of hydrogen-bond acceptors (Lipinski definition) is 2. The van der Waals surface area contributed by atoms with E-state index in [1.54, 1.807) is 12.1 Å². The van der Waals surface area contributed by atoms with Crippen molar-refractivity contribution >= 4 is 17.2 Å². The number of allylic oxidation sites excluding steroid dienone is 2. The van der Waals surface area contributed by atoms with Crippen LogP contribution in [0, 0.1) is 6.92 Å². The smallest absolute Gasteiger partial charge is 0.336 e. The van der Waals surface area contributed by atoms with Crippen molar-refractivity contribution in [2.45, 2.75) is 47.6 Å². The average molecular weight is 518 g/mol. The van der Waals surface area contributed by atoms with Gasteiger partial charge in [-0.2, -0.15) is 0 Å². The van der Waals surface area contributed by atoms with Gasteiger partial charge in [-0.25, -0.2) is 4.79 Å². The summed E-state index contributed by atoms with van der Waals surface area (Å²) in [5, 5.41) is 12.5. The van der Waals surface area contributed by atoms with Gasteiger partial charge in [0, 0.05) is 12.2 Å². The Morgan fingerprint density at radius 2 is 1.44 bits per heavy atom. The number of carboxylic acids is 1. The standard InChI is InChI=1S/C21H25N.C15H14O2/c1-15(2)17(4)21-13-20(12-11-16(21)3)18(5)22-14-19-9-7-6-8-10-19;1-2-11-7-9-12(10-8-11)13-5-3-4-6-14(13)15(16)17/h6-13,22H,5,14H2,1-4H3;3-10H,2H2,1H3,(H,16,17). The van der Waals surface area contributed by atoms with E-state index in [2.05, 4.69) is 89.0 Å². The number of aromatic carboxylic acids is 1. The molecule has 39 heavy (non-hydrogen) atoms. The van der Waals surface area contributed by atoms with Gasteiger partial charge in [-0.3, -0.25) is 0 Å². The molecule has 0 heterocycles. The monoisotopic (exact) mass is 517 g/mol. The molecule has 0 aromatic heterocycles. The normalized spacial score (nSPS) is 10.2. The molecule has 4 aromatic carbocycles. The van der Waals surface area contributed by atoms with Gasteiger partial charge in [0.1, 0.15) is 0 Å². The number of aryl methyl sites for hydroxylation is 2. The van der Waals surface area contributed by atoms with Crippen LogP contribution in [0.3, 0.4) is 0 Å². The van der Waals surface area contributed by atoms with E-state index in [0.717, 1.165) is 35.4 Å². The van der Waals surface area contributed by atoms with Crippen LogP contribution in [0.25, 0.3) is 22.4 Å². The van der Waals surface area contributed by atoms with Gasteiger partial charge in [0.2, 0.25) is 0 Å². The minimum absolute atomic E-state index is 0.344. The SMILES string of the molecule is C=C(NCc1ccccc1)c1ccc(C)c(C(C)=C(C)C)c1.CCc1ccc(-c2ccccc2C(=O)O)cc1. The minimum Gasteiger partial charge on any atom is -0.478 e. The lowest BCUT2D eigenvalue weighted by Crippen LogP contribution is -2.11. The largest absolute Gasteiger partial charge is 0.478 e. The molecule has 2 N–H and O–H groups in total. The van der Waals surface area contributed by atoms with Gasteiger partial charge < -0.3 is 10.4 Å². The Morgan fingerprint density at radius 3 is 2.05 bits per heavy atom. The number of nitrogens with one attached hydrogen (secondary N) is 1. The number of rotatable bonds is 8. The highest BCUT2D eigenvalue weighted by Gasteiger charge is 2.10. The van der Waals surface area contributed by atoms with Crippen molar-refractivity contribution in [3.63, 3.8) is 0 Å². The van der Waals surface area contributed by atoms with Gasteiger partial charge in [0.25, 0.3) is 0 Å². The van der Waals surface area contributed by atoms with Crippen LogP contribution in [-0.4, -0.2) is 11.1 Å². The predicted octanol–water partition coefficient (Wildman–Crippen LogP) is 9.18. The van der Waals surface area contributed by atoms with Gasteiger partial charge in [-0.05, 0) is 90.8 Å². The highest BCUT2D eigenvalue weighted by molar-refractivity contribution is 5.96. The Balaban J connectivity index is 0.000000223. The van der Waals surface area contributed by atoms with Crippen molar-refractivity contribution in [1.29, 1.82) is 0 Å². The lowest BCUT2D eigenvalue weighted by molar-refractivity contribution is 0.0697. The maximum atomic E-state index is 11.1. The van der Waals surface area contributed by atoms with Gasteiger partial charge in [-0.15, -0.1) is 0 Å². The lowest BCUT2D eigenvalue weighted by Gasteiger charge is -2.14. The Labute approximate surface area is 233 Å². The zero-order valence-corrected chi connectivity index (χ0v) is 23.7. The third-order valence-corrected chi connectivity index (χ3v) is 6.92. The van der Waals surface area contributed by atoms with Crippen molar-refractivity contribution < 1.29 is 9.90 Å². The van der Waals surface area contributed by atoms with Crippen LogP contribution in [0.2, 0.25) is 0 Å². The fourth-order valence-electron chi connectivity index (χ4n) is 4.23. The molecule has 4 rings (SSSR count). The third kappa shape index (κ3) is 8.05. The first-order valence-corrected chi connectivity index (χ1v) is 13.3. The van der Waals surface area contributed by atoms with Gasteiger partial charge >= 0.3 is 5.97 Å². The number of hydrogen-bond donors (Lipinski definition) is 2. The van der Waals surface area contributed by atoms with E-state index in [0.29, 0.717) is 5.56 Å². The molecule has 0 bridgehead atoms. The second-order valence-electron chi connectivity index (χ2n) is 9.87. The average Bonchev–Trinajstić information content (AvgIpc) is 2.96. The van der Waals surface area contributed by atoms with Crippen molar-refractivity contribution in [1.82, 2.24) is 5.32 Å². The summed E-state index contributed by atoms with van der Waals surface area (Å²) < 4.78 is 0. The molecule has 0 atom stereocenters. The van der Waals surface area contributed by atoms with Crippen LogP contribution >= 0.6 is 0 Å². The van der Waals surface area contributed by atoms with Gasteiger partial charge in [0.05, 0.1) is 5.56 Å². The first-order valence-electron chi connectivity index (χ1n) is 13.3. The number of benzene rings is 4. The summed E-state index contributed by atoms with van der Waals surface area (Å²) in [6, 6.07) is 32.0. The zero-order chi connectivity index (χ0) is 28.4. The van der Waals surface area contributed by atoms with Crippen molar-refractivity contribution in [3.05, 3.63) is 143 Å². The molecule has 0 radical (unpaired) electrons. The summed E-state index contributed by atoms with van der Waals surface area (Å²) in [4.78, 5) is 11.1. The van der Waals surface area contributed by atoms with Crippen LogP contribution in [0.1, 0.15) is 65.9 Å². The first-order chi connectivity index (χ1) is 18.7. The maximum absolute atomic E-state index is 11.1. The highest BCUT2D eigenvalue weighted by atomic mass is 16.4. The van der Waals surface area contributed by atoms with E-state index in [4.69, 9.17) is 5.11 Å². The molecule has 0 spiro atoms. The van der Waals surface area contributed by atoms with Gasteiger partial charge in [-0.1, -0.05) is 104 Å². The highest BCUT2D eigenvalue weighted by Crippen LogP contribution is 2.26. The summed E-state index contributed by atoms with van der Waals surface area (Å²) in [6.07, 6.45) is 0.987. The molecule has 200 valence electrons. The number of carbonyl (C=O) groups is 1. The second-order valence-corrected chi connectivity index (χ2v) is 9.87. The molecule has 0 aliphatic carbocycles. The summed E-state index contributed by atoms with van der Waals surface area (Å²) in [7, 11) is 0. The topological polar surface area (TPSA) is 49.3 Å². The molecule has 0 aliphatic rings. The molecule has 0 saturated carbocycles. The van der Waals surface area contributed by atoms with E-state index < -0.39 is 5.97 Å². The second kappa shape index (κ2) is 14.0. The fraction of sp³-hybridized carbons (Fsp3) is 0.194. The van der Waals surface area contributed by atoms with Crippen LogP contribution in [0.5, 0.6) is 0 Å². The van der Waals surface area contributed by atoms with Crippen LogP contribution in [0.4, 0.5) is 0 Å². The molecule has 3 heteroatoms. The Bertz CT molecular complexity index is 1440. The van der Waals surface area contributed by atoms with E-state index in [9.17, 15) is 4.79 Å². The summed E-state index contributed by atoms with van der Waals surface area (Å²) in [6.45, 7) is 15.7. The molecular formula is C36H39NO2. The van der Waals surface area contributed by atoms with Crippen LogP contribution in [-0.2, 0) is 13.0 Å². The van der Waals surface area contributed by atoms with Crippen molar-refractivity contribution in [2.24, 2.45) is 0 Å². The maximum Gasteiger partial charge on any atom is 0.336 e. The fourth-order valence-corrected chi connectivity index (χ4v) is 4.23. The molecule has 0 amide bonds. The molecule has 4 aromatic rings. The molecule has 0 aliphatic heterocycles. The molecule has 0 unspecified atom stereocenters. The van der Waals surface area contributed by atoms with E-state index in [-0.39, 0.29) is 0 Å². The molecule has 3 nitrogen and oxygen atoms in total. The Morgan fingerprint density at radius 1 is 0.795 bits per heavy atom. The Hall–Kier alpha value is -4.37. The van der Waals surface area contributed by atoms with Crippen LogP contribution in [0.15, 0.2) is 109 Å². The zero-order valence-electron chi connectivity index (χ0n) is 23.7. The van der Waals surface area contributed by atoms with E-state index >= 15 is 0 Å². The van der Waals surface area contributed by atoms with Crippen molar-refractivity contribution in [2.75, 3.05) is 0 Å². The molecule has 0 saturated heterocycles. The summed E-state index contributed by atoms with van der Waals surface area (Å²) >= 11 is 0. The number of carboxylic acid groups (broad SMARTS) is 1. The molecular weight excluding hydrogens is 478 g/mol. The first kappa shape index (κ1) is 29.2. The minimum atomic E-state index is -0.889. The van der Waals surface area contributed by atoms with E-state index in [1.807, 2.05) is 42.5 Å². The third-order valence-electron chi connectivity index (χ3n) is 6.92. The predicted molar refractivity (Wildman–Crippen MR) is 166 cm³/mol. The van der Waals surface area contributed by atoms with Gasteiger partial charge in [0.15, 0.2) is 0 Å². The summed E-state index contributed by atoms with van der Waals surface area (Å²) in [5.74, 6) is -0.889. The molecule has 0 fully saturated rings. The van der Waals surface area contributed by atoms with Crippen LogP contribution < -0.4 is 5.32 Å². The summed E-state index contributed by atoms with van der Waals surface area (Å²) in [5.41, 5.74) is 12.0.